The molecule has 1 amide bonds. The molecule has 1 aromatic carbocycles. The molecule has 1 aliphatic heterocycles. The zero-order valence-corrected chi connectivity index (χ0v) is 17.1. The maximum Gasteiger partial charge on any atom is 0.253 e. The molecule has 29 heavy (non-hydrogen) atoms. The number of benzene rings is 1. The largest absolute Gasteiger partial charge is 0.494 e. The van der Waals surface area contributed by atoms with Crippen LogP contribution in [0.4, 0.5) is 5.69 Å². The third-order valence-corrected chi connectivity index (χ3v) is 5.42. The van der Waals surface area contributed by atoms with Gasteiger partial charge >= 0.3 is 0 Å². The Bertz CT molecular complexity index is 1070. The van der Waals surface area contributed by atoms with Crippen molar-refractivity contribution in [3.05, 3.63) is 41.7 Å². The highest BCUT2D eigenvalue weighted by Gasteiger charge is 2.22. The number of amides is 1. The predicted octanol–water partition coefficient (Wildman–Crippen LogP) is 4.42. The summed E-state index contributed by atoms with van der Waals surface area (Å²) in [6, 6.07) is 5.79. The van der Waals surface area contributed by atoms with E-state index in [1.165, 1.54) is 0 Å². The van der Waals surface area contributed by atoms with Gasteiger partial charge in [-0.15, -0.1) is 0 Å². The molecule has 0 spiro atoms. The van der Waals surface area contributed by atoms with Gasteiger partial charge in [-0.3, -0.25) is 9.48 Å². The first-order valence-electron chi connectivity index (χ1n) is 10.2. The second kappa shape index (κ2) is 7.73. The zero-order chi connectivity index (χ0) is 20.5. The number of H-pyrrole nitrogens is 1. The molecule has 2 N–H and O–H groups in total. The van der Waals surface area contributed by atoms with Crippen molar-refractivity contribution in [2.45, 2.75) is 46.1 Å². The normalized spacial score (nSPS) is 15.0. The summed E-state index contributed by atoms with van der Waals surface area (Å²) in [5.74, 6) is 0.117. The summed E-state index contributed by atoms with van der Waals surface area (Å²) >= 11 is 0. The number of aromatic hydroxyl groups is 1. The van der Waals surface area contributed by atoms with Crippen LogP contribution in [0.1, 0.15) is 62.0 Å². The van der Waals surface area contributed by atoms with Gasteiger partial charge in [-0.1, -0.05) is 6.92 Å². The maximum atomic E-state index is 12.8. The van der Waals surface area contributed by atoms with Crippen LogP contribution in [0.2, 0.25) is 0 Å². The van der Waals surface area contributed by atoms with Gasteiger partial charge in [0.05, 0.1) is 23.7 Å². The van der Waals surface area contributed by atoms with Gasteiger partial charge in [-0.25, -0.2) is 4.99 Å². The Balaban J connectivity index is 1.76. The van der Waals surface area contributed by atoms with Crippen molar-refractivity contribution in [3.8, 4) is 5.88 Å². The monoisotopic (exact) mass is 393 g/mol. The quantitative estimate of drug-likeness (QED) is 0.629. The first-order chi connectivity index (χ1) is 14.0. The molecule has 0 atom stereocenters. The third kappa shape index (κ3) is 3.64. The smallest absolute Gasteiger partial charge is 0.253 e. The molecule has 3 heterocycles. The first kappa shape index (κ1) is 19.2. The molecule has 0 saturated carbocycles. The van der Waals surface area contributed by atoms with Crippen LogP contribution in [0.5, 0.6) is 5.88 Å². The van der Waals surface area contributed by atoms with Crippen molar-refractivity contribution in [3.63, 3.8) is 0 Å². The molecule has 0 unspecified atom stereocenters. The fourth-order valence-electron chi connectivity index (χ4n) is 3.84. The molecule has 1 saturated heterocycles. The summed E-state index contributed by atoms with van der Waals surface area (Å²) in [7, 11) is 0. The van der Waals surface area contributed by atoms with Crippen LogP contribution < -0.4 is 0 Å². The molecule has 3 aromatic rings. The van der Waals surface area contributed by atoms with Crippen LogP contribution in [0.25, 0.3) is 10.9 Å². The van der Waals surface area contributed by atoms with Gasteiger partial charge in [0, 0.05) is 35.6 Å². The van der Waals surface area contributed by atoms with Crippen molar-refractivity contribution in [2.24, 2.45) is 4.99 Å². The second-order valence-corrected chi connectivity index (χ2v) is 7.79. The van der Waals surface area contributed by atoms with Crippen LogP contribution in [0, 0.1) is 0 Å². The molecule has 152 valence electrons. The SMILES string of the molecule is CCC(=Nc1cnn(C(C)C)c1)c1c(O)[nH]c2ccc(C(=O)N3CCCC3)cc12. The number of hydrogen-bond acceptors (Lipinski definition) is 4. The lowest BCUT2D eigenvalue weighted by Crippen LogP contribution is -2.27. The van der Waals surface area contributed by atoms with E-state index in [1.54, 1.807) is 6.20 Å². The average Bonchev–Trinajstić information content (AvgIpc) is 3.44. The highest BCUT2D eigenvalue weighted by Crippen LogP contribution is 2.31. The summed E-state index contributed by atoms with van der Waals surface area (Å²) < 4.78 is 1.86. The van der Waals surface area contributed by atoms with Gasteiger partial charge in [0.2, 0.25) is 0 Å². The Hall–Kier alpha value is -3.09. The lowest BCUT2D eigenvalue weighted by Gasteiger charge is -2.15. The summed E-state index contributed by atoms with van der Waals surface area (Å²) in [6.07, 6.45) is 6.37. The zero-order valence-electron chi connectivity index (χ0n) is 17.1. The molecule has 1 fully saturated rings. The molecule has 7 heteroatoms. The molecule has 1 aliphatic rings. The lowest BCUT2D eigenvalue weighted by atomic mass is 10.0. The Morgan fingerprint density at radius 3 is 2.72 bits per heavy atom. The van der Waals surface area contributed by atoms with E-state index in [-0.39, 0.29) is 17.8 Å². The Kier molecular flexibility index (Phi) is 5.13. The van der Waals surface area contributed by atoms with Crippen LogP contribution in [-0.4, -0.2) is 49.5 Å². The number of hydrogen-bond donors (Lipinski definition) is 2. The van der Waals surface area contributed by atoms with Crippen LogP contribution >= 0.6 is 0 Å². The summed E-state index contributed by atoms with van der Waals surface area (Å²) in [4.78, 5) is 22.5. The second-order valence-electron chi connectivity index (χ2n) is 7.79. The van der Waals surface area contributed by atoms with E-state index in [9.17, 15) is 9.90 Å². The fraction of sp³-hybridized carbons (Fsp3) is 0.409. The topological polar surface area (TPSA) is 86.5 Å². The number of nitrogens with one attached hydrogen (secondary N) is 1. The number of aromatic nitrogens is 3. The molecule has 0 radical (unpaired) electrons. The standard InChI is InChI=1S/C22H27N5O2/c1-4-18(24-16-12-23-27(13-16)14(2)3)20-17-11-15(7-8-19(17)25-21(20)28)22(29)26-9-5-6-10-26/h7-8,11-14,25,28H,4-6,9-10H2,1-3H3. The Morgan fingerprint density at radius 1 is 1.31 bits per heavy atom. The number of nitrogens with zero attached hydrogens (tertiary/aromatic N) is 4. The molecule has 7 nitrogen and oxygen atoms in total. The van der Waals surface area contributed by atoms with E-state index in [0.29, 0.717) is 17.5 Å². The average molecular weight is 393 g/mol. The van der Waals surface area contributed by atoms with Gasteiger partial charge < -0.3 is 15.0 Å². The number of aliphatic imine (C=N–C) groups is 1. The Morgan fingerprint density at radius 2 is 2.07 bits per heavy atom. The number of carbonyl (C=O) groups is 1. The van der Waals surface area contributed by atoms with Crippen LogP contribution in [-0.2, 0) is 0 Å². The molecular formula is C22H27N5O2. The maximum absolute atomic E-state index is 12.8. The highest BCUT2D eigenvalue weighted by atomic mass is 16.3. The number of fused-ring (bicyclic) bond motifs is 1. The van der Waals surface area contributed by atoms with Gasteiger partial charge in [0.1, 0.15) is 5.69 Å². The minimum absolute atomic E-state index is 0.0456. The van der Waals surface area contributed by atoms with Crippen LogP contribution in [0.3, 0.4) is 0 Å². The van der Waals surface area contributed by atoms with Crippen LogP contribution in [0.15, 0.2) is 35.6 Å². The van der Waals surface area contributed by atoms with E-state index in [2.05, 4.69) is 23.9 Å². The van der Waals surface area contributed by atoms with E-state index in [4.69, 9.17) is 4.99 Å². The van der Waals surface area contributed by atoms with Gasteiger partial charge in [0.25, 0.3) is 5.91 Å². The first-order valence-corrected chi connectivity index (χ1v) is 10.2. The highest BCUT2D eigenvalue weighted by molar-refractivity contribution is 6.14. The van der Waals surface area contributed by atoms with Crippen molar-refractivity contribution in [1.82, 2.24) is 19.7 Å². The molecule has 0 bridgehead atoms. The van der Waals surface area contributed by atoms with Crippen molar-refractivity contribution in [1.29, 1.82) is 0 Å². The number of aromatic amines is 1. The molecule has 4 rings (SSSR count). The van der Waals surface area contributed by atoms with E-state index in [0.717, 1.165) is 48.2 Å². The minimum Gasteiger partial charge on any atom is -0.494 e. The predicted molar refractivity (Wildman–Crippen MR) is 114 cm³/mol. The van der Waals surface area contributed by atoms with Gasteiger partial charge in [-0.05, 0) is 51.3 Å². The van der Waals surface area contributed by atoms with Gasteiger partial charge in [0.15, 0.2) is 5.88 Å². The summed E-state index contributed by atoms with van der Waals surface area (Å²) in [6.45, 7) is 7.74. The lowest BCUT2D eigenvalue weighted by molar-refractivity contribution is 0.0793. The Labute approximate surface area is 170 Å². The fourth-order valence-corrected chi connectivity index (χ4v) is 3.84. The molecule has 0 aliphatic carbocycles. The third-order valence-electron chi connectivity index (χ3n) is 5.42. The minimum atomic E-state index is 0.0456. The van der Waals surface area contributed by atoms with E-state index >= 15 is 0 Å². The number of rotatable bonds is 5. The van der Waals surface area contributed by atoms with E-state index in [1.807, 2.05) is 40.9 Å². The van der Waals surface area contributed by atoms with Crippen molar-refractivity contribution < 1.29 is 9.90 Å². The molecule has 2 aromatic heterocycles. The molecular weight excluding hydrogens is 366 g/mol. The summed E-state index contributed by atoms with van der Waals surface area (Å²) in [5, 5.41) is 15.7. The number of carbonyl (C=O) groups excluding carboxylic acids is 1. The number of likely N-dealkylation sites (tertiary alicyclic amines) is 1. The summed E-state index contributed by atoms with van der Waals surface area (Å²) in [5.41, 5.74) is 3.57. The van der Waals surface area contributed by atoms with Crippen molar-refractivity contribution >= 4 is 28.2 Å². The van der Waals surface area contributed by atoms with Crippen molar-refractivity contribution in [2.75, 3.05) is 13.1 Å². The van der Waals surface area contributed by atoms with E-state index < -0.39 is 0 Å². The van der Waals surface area contributed by atoms with Gasteiger partial charge in [-0.2, -0.15) is 5.10 Å².